The second-order valence-corrected chi connectivity index (χ2v) is 14.1. The summed E-state index contributed by atoms with van der Waals surface area (Å²) in [5.74, 6) is 1.49. The van der Waals surface area contributed by atoms with Crippen LogP contribution in [0.2, 0.25) is 0 Å². The largest absolute Gasteiger partial charge is 1.00 e. The van der Waals surface area contributed by atoms with Crippen molar-refractivity contribution in [3.8, 4) is 0 Å². The van der Waals surface area contributed by atoms with Gasteiger partial charge in [0.05, 0.1) is 17.0 Å². The fourth-order valence-electron chi connectivity index (χ4n) is 4.58. The van der Waals surface area contributed by atoms with Crippen LogP contribution in [0.4, 0.5) is 5.82 Å². The summed E-state index contributed by atoms with van der Waals surface area (Å²) < 4.78 is 21.6. The van der Waals surface area contributed by atoms with Crippen molar-refractivity contribution in [1.82, 2.24) is 9.97 Å². The summed E-state index contributed by atoms with van der Waals surface area (Å²) in [5, 5.41) is 9.41. The minimum absolute atomic E-state index is 0. The van der Waals surface area contributed by atoms with Gasteiger partial charge in [-0.05, 0) is 39.0 Å². The smallest absolute Gasteiger partial charge is 0.469 e. The first kappa shape index (κ1) is 46.4. The normalized spacial score (nSPS) is 12.0. The van der Waals surface area contributed by atoms with Crippen LogP contribution < -0.4 is 22.7 Å². The number of ether oxygens (including phenoxy) is 1. The van der Waals surface area contributed by atoms with Gasteiger partial charge in [0, 0.05) is 31.8 Å². The highest BCUT2D eigenvalue weighted by atomic mass is 35.5. The number of rotatable bonds is 24. The molecule has 0 fully saturated rings. The van der Waals surface area contributed by atoms with Crippen LogP contribution in [0.3, 0.4) is 0 Å². The number of carbonyl (C=O) groups excluding carboxylic acids is 1. The number of alkyl halides is 1. The molecule has 0 saturated heterocycles. The van der Waals surface area contributed by atoms with Crippen LogP contribution in [0.25, 0.3) is 0 Å². The standard InChI is InChI=1S/C21H41O7P.C12H16ClN4S.ClH/c1-2-3-4-5-6-7-8-9-10-11-12-13-14-15-16-17-21(23)27-18-20(22)19-28-29(24,25)26;1-8-11(3-4-13)18-7-17(8)6-10-5-15-9(2)16-12(10)14;/h9-10,20,22H,2-8,11-19H2,1H3,(H2,24,25,26);5,7H,3-4,6H2,1-2H3,(H2,14,15,16);1H/q;+1;/p-1/b10-9+;;/t20-;;/m0../s1. The van der Waals surface area contributed by atoms with Crippen molar-refractivity contribution in [2.45, 2.75) is 130 Å². The molecule has 276 valence electrons. The number of unbranched alkanes of at least 4 members (excludes halogenated alkanes) is 11. The Morgan fingerprint density at radius 3 is 2.23 bits per heavy atom. The minimum atomic E-state index is -4.62. The van der Waals surface area contributed by atoms with Gasteiger partial charge in [-0.2, -0.15) is 4.57 Å². The predicted molar refractivity (Wildman–Crippen MR) is 188 cm³/mol. The van der Waals surface area contributed by atoms with E-state index in [0.717, 1.165) is 44.1 Å². The maximum atomic E-state index is 11.5. The molecular weight excluding hydrogens is 698 g/mol. The first-order chi connectivity index (χ1) is 22.5. The Labute approximate surface area is 302 Å². The Hall–Kier alpha value is -1.63. The van der Waals surface area contributed by atoms with Crippen LogP contribution in [-0.4, -0.2) is 56.0 Å². The maximum Gasteiger partial charge on any atom is 0.469 e. The van der Waals surface area contributed by atoms with Gasteiger partial charge in [0.1, 0.15) is 24.4 Å². The SMILES string of the molecule is CCCCCCCC/C=C/CCCCCCCC(=O)OC[C@H](O)COP(=O)(O)O.Cc1ncc(C[n+]2csc(CCCl)c2C)c(N)n1.[Cl-]. The van der Waals surface area contributed by atoms with Crippen LogP contribution >= 0.6 is 30.8 Å². The number of phosphoric ester groups is 1. The number of aliphatic hydroxyl groups excluding tert-OH is 1. The molecule has 0 amide bonds. The molecule has 0 saturated carbocycles. The fraction of sp³-hybridized carbons (Fsp3) is 0.697. The molecule has 2 rings (SSSR count). The third-order valence-corrected chi connectivity index (χ3v) is 9.17. The molecule has 0 aliphatic rings. The number of esters is 1. The summed E-state index contributed by atoms with van der Waals surface area (Å²) in [5.41, 5.74) is 10.2. The van der Waals surface area contributed by atoms with Crippen molar-refractivity contribution in [2.24, 2.45) is 0 Å². The van der Waals surface area contributed by atoms with Gasteiger partial charge in [-0.1, -0.05) is 81.8 Å². The highest BCUT2D eigenvalue weighted by Crippen LogP contribution is 2.35. The molecule has 0 aliphatic heterocycles. The lowest BCUT2D eigenvalue weighted by Crippen LogP contribution is -3.00. The number of nitrogens with zero attached hydrogens (tertiary/aromatic N) is 3. The van der Waals surface area contributed by atoms with E-state index in [4.69, 9.17) is 31.9 Å². The average molecular weight is 756 g/mol. The van der Waals surface area contributed by atoms with E-state index in [-0.39, 0.29) is 25.4 Å². The number of carbonyl (C=O) groups is 1. The van der Waals surface area contributed by atoms with Crippen molar-refractivity contribution in [3.63, 3.8) is 0 Å². The van der Waals surface area contributed by atoms with Gasteiger partial charge in [0.25, 0.3) is 0 Å². The molecule has 0 unspecified atom stereocenters. The summed E-state index contributed by atoms with van der Waals surface area (Å²) in [6, 6.07) is 0. The molecule has 2 aromatic rings. The van der Waals surface area contributed by atoms with Crippen LogP contribution in [0.1, 0.15) is 119 Å². The molecule has 5 N–H and O–H groups in total. The van der Waals surface area contributed by atoms with Gasteiger partial charge in [0.2, 0.25) is 5.51 Å². The molecule has 2 aromatic heterocycles. The van der Waals surface area contributed by atoms with Gasteiger partial charge < -0.3 is 37.8 Å². The van der Waals surface area contributed by atoms with E-state index < -0.39 is 26.5 Å². The molecule has 15 heteroatoms. The Kier molecular flexibility index (Phi) is 27.2. The van der Waals surface area contributed by atoms with Gasteiger partial charge >= 0.3 is 13.8 Å². The topological polar surface area (TPSA) is 169 Å². The lowest BCUT2D eigenvalue weighted by molar-refractivity contribution is -0.689. The van der Waals surface area contributed by atoms with E-state index in [0.29, 0.717) is 24.1 Å². The number of halogens is 2. The van der Waals surface area contributed by atoms with Crippen molar-refractivity contribution in [3.05, 3.63) is 45.8 Å². The number of phosphoric acid groups is 1. The van der Waals surface area contributed by atoms with E-state index in [1.807, 2.05) is 6.92 Å². The molecule has 1 atom stereocenters. The summed E-state index contributed by atoms with van der Waals surface area (Å²) in [7, 11) is -4.62. The highest BCUT2D eigenvalue weighted by molar-refractivity contribution is 7.46. The zero-order valence-electron chi connectivity index (χ0n) is 28.8. The number of nitrogen functional groups attached to an aromatic ring is 1. The Morgan fingerprint density at radius 2 is 1.65 bits per heavy atom. The number of anilines is 1. The van der Waals surface area contributed by atoms with E-state index >= 15 is 0 Å². The lowest BCUT2D eigenvalue weighted by atomic mass is 10.1. The van der Waals surface area contributed by atoms with Crippen molar-refractivity contribution in [2.75, 3.05) is 24.8 Å². The third-order valence-electron chi connectivity index (χ3n) is 7.35. The molecule has 11 nitrogen and oxygen atoms in total. The zero-order chi connectivity index (χ0) is 34.9. The number of aryl methyl sites for hydroxylation is 2. The van der Waals surface area contributed by atoms with Crippen molar-refractivity contribution < 1.29 is 50.5 Å². The number of allylic oxidation sites excluding steroid dienone is 2. The number of aliphatic hydroxyl groups is 1. The van der Waals surface area contributed by atoms with Gasteiger partial charge in [0.15, 0.2) is 12.2 Å². The summed E-state index contributed by atoms with van der Waals surface area (Å²) in [4.78, 5) is 38.3. The van der Waals surface area contributed by atoms with Crippen LogP contribution in [-0.2, 0) is 31.6 Å². The minimum Gasteiger partial charge on any atom is -1.00 e. The number of nitrogens with two attached hydrogens (primary N) is 1. The predicted octanol–water partition coefficient (Wildman–Crippen LogP) is 3.90. The molecule has 0 spiro atoms. The number of hydrogen-bond acceptors (Lipinski definition) is 9. The third kappa shape index (κ3) is 23.7. The fourth-order valence-corrected chi connectivity index (χ4v) is 6.25. The molecule has 0 bridgehead atoms. The van der Waals surface area contributed by atoms with Crippen LogP contribution in [0.5, 0.6) is 0 Å². The molecule has 0 radical (unpaired) electrons. The molecule has 48 heavy (non-hydrogen) atoms. The molecule has 2 heterocycles. The summed E-state index contributed by atoms with van der Waals surface area (Å²) in [6.07, 6.45) is 21.7. The number of thiazole rings is 1. The first-order valence-electron chi connectivity index (χ1n) is 16.8. The second-order valence-electron chi connectivity index (χ2n) is 11.6. The summed E-state index contributed by atoms with van der Waals surface area (Å²) in [6.45, 7) is 5.97. The van der Waals surface area contributed by atoms with Crippen molar-refractivity contribution >= 4 is 42.5 Å². The number of aromatic nitrogens is 3. The molecule has 0 aromatic carbocycles. The zero-order valence-corrected chi connectivity index (χ0v) is 32.0. The highest BCUT2D eigenvalue weighted by Gasteiger charge is 2.18. The lowest BCUT2D eigenvalue weighted by Gasteiger charge is -2.12. The first-order valence-corrected chi connectivity index (χ1v) is 19.7. The van der Waals surface area contributed by atoms with Crippen molar-refractivity contribution in [1.29, 1.82) is 0 Å². The van der Waals surface area contributed by atoms with E-state index in [1.165, 1.54) is 61.9 Å². The quantitative estimate of drug-likeness (QED) is 0.0308. The monoisotopic (exact) mass is 754 g/mol. The second kappa shape index (κ2) is 28.1. The summed E-state index contributed by atoms with van der Waals surface area (Å²) >= 11 is 7.50. The van der Waals surface area contributed by atoms with E-state index in [9.17, 15) is 14.5 Å². The van der Waals surface area contributed by atoms with Gasteiger partial charge in [-0.25, -0.2) is 14.5 Å². The number of hydrogen-bond donors (Lipinski definition) is 4. The van der Waals surface area contributed by atoms with Gasteiger partial charge in [-0.15, -0.1) is 11.6 Å². The average Bonchev–Trinajstić information content (AvgIpc) is 3.36. The Morgan fingerprint density at radius 1 is 1.04 bits per heavy atom. The Bertz CT molecular complexity index is 1220. The van der Waals surface area contributed by atoms with Crippen LogP contribution in [0.15, 0.2) is 23.9 Å². The molecule has 0 aliphatic carbocycles. The van der Waals surface area contributed by atoms with E-state index in [2.05, 4.69) is 50.6 Å². The maximum absolute atomic E-state index is 11.5. The molecular formula is C33H57Cl2N4O7PS. The van der Waals surface area contributed by atoms with Gasteiger partial charge in [-0.3, -0.25) is 9.32 Å². The Balaban J connectivity index is 0.000000990. The van der Waals surface area contributed by atoms with Crippen LogP contribution in [0, 0.1) is 13.8 Å². The van der Waals surface area contributed by atoms with E-state index in [1.54, 1.807) is 17.5 Å².